The zero-order chi connectivity index (χ0) is 13.9. The van der Waals surface area contributed by atoms with Crippen LogP contribution in [0.5, 0.6) is 0 Å². The Balaban J connectivity index is 2.65. The van der Waals surface area contributed by atoms with Crippen molar-refractivity contribution in [2.24, 2.45) is 28.9 Å². The third kappa shape index (κ3) is 4.60. The Labute approximate surface area is 112 Å². The molecule has 3 heteroatoms. The van der Waals surface area contributed by atoms with Crippen LogP contribution in [0.3, 0.4) is 0 Å². The van der Waals surface area contributed by atoms with Crippen molar-refractivity contribution < 1.29 is 4.79 Å². The van der Waals surface area contributed by atoms with Crippen molar-refractivity contribution in [3.63, 3.8) is 0 Å². The van der Waals surface area contributed by atoms with Gasteiger partial charge in [0.15, 0.2) is 0 Å². The molecule has 3 nitrogen and oxygen atoms in total. The first-order valence-corrected chi connectivity index (χ1v) is 7.21. The molecule has 1 aliphatic rings. The van der Waals surface area contributed by atoms with Crippen LogP contribution in [0.4, 0.5) is 0 Å². The fraction of sp³-hybridized carbons (Fsp3) is 0.933. The standard InChI is InChI=1S/C15H30N2O/c1-11-6-12(2)10-17(9-11)14(18)13(8-16)7-15(3,4)5/h11-13H,6-10,16H2,1-5H3. The van der Waals surface area contributed by atoms with Crippen LogP contribution < -0.4 is 5.73 Å². The van der Waals surface area contributed by atoms with Gasteiger partial charge in [-0.3, -0.25) is 4.79 Å². The van der Waals surface area contributed by atoms with E-state index in [1.807, 2.05) is 4.90 Å². The zero-order valence-corrected chi connectivity index (χ0v) is 12.7. The molecular weight excluding hydrogens is 224 g/mol. The van der Waals surface area contributed by atoms with Gasteiger partial charge in [-0.15, -0.1) is 0 Å². The van der Waals surface area contributed by atoms with Gasteiger partial charge in [-0.05, 0) is 30.1 Å². The van der Waals surface area contributed by atoms with E-state index in [2.05, 4.69) is 34.6 Å². The molecule has 106 valence electrons. The number of nitrogens with two attached hydrogens (primary N) is 1. The van der Waals surface area contributed by atoms with Crippen molar-refractivity contribution in [2.45, 2.75) is 47.5 Å². The van der Waals surface area contributed by atoms with Gasteiger partial charge in [0.1, 0.15) is 0 Å². The summed E-state index contributed by atoms with van der Waals surface area (Å²) >= 11 is 0. The predicted octanol–water partition coefficient (Wildman–Crippen LogP) is 2.50. The highest BCUT2D eigenvalue weighted by molar-refractivity contribution is 5.79. The zero-order valence-electron chi connectivity index (χ0n) is 12.7. The average molecular weight is 254 g/mol. The molecular formula is C15H30N2O. The van der Waals surface area contributed by atoms with Gasteiger partial charge in [-0.1, -0.05) is 34.6 Å². The van der Waals surface area contributed by atoms with E-state index in [0.717, 1.165) is 19.5 Å². The number of hydrogen-bond acceptors (Lipinski definition) is 2. The molecule has 18 heavy (non-hydrogen) atoms. The Hall–Kier alpha value is -0.570. The minimum Gasteiger partial charge on any atom is -0.342 e. The van der Waals surface area contributed by atoms with Crippen LogP contribution in [0, 0.1) is 23.2 Å². The fourth-order valence-corrected chi connectivity index (χ4v) is 3.11. The quantitative estimate of drug-likeness (QED) is 0.841. The first-order valence-electron chi connectivity index (χ1n) is 7.21. The lowest BCUT2D eigenvalue weighted by Crippen LogP contribution is -2.47. The van der Waals surface area contributed by atoms with E-state index in [9.17, 15) is 4.79 Å². The second kappa shape index (κ2) is 6.05. The number of likely N-dealkylation sites (tertiary alicyclic amines) is 1. The molecule has 0 radical (unpaired) electrons. The Morgan fingerprint density at radius 2 is 1.78 bits per heavy atom. The molecule has 1 heterocycles. The maximum Gasteiger partial charge on any atom is 0.226 e. The number of carbonyl (C=O) groups excluding carboxylic acids is 1. The first kappa shape index (κ1) is 15.5. The van der Waals surface area contributed by atoms with E-state index in [-0.39, 0.29) is 17.2 Å². The normalized spacial score (nSPS) is 27.1. The van der Waals surface area contributed by atoms with Crippen LogP contribution in [-0.2, 0) is 4.79 Å². The summed E-state index contributed by atoms with van der Waals surface area (Å²) in [5.41, 5.74) is 5.97. The summed E-state index contributed by atoms with van der Waals surface area (Å²) in [6.07, 6.45) is 2.11. The summed E-state index contributed by atoms with van der Waals surface area (Å²) in [7, 11) is 0. The maximum atomic E-state index is 12.5. The molecule has 1 amide bonds. The van der Waals surface area contributed by atoms with Gasteiger partial charge in [-0.25, -0.2) is 0 Å². The van der Waals surface area contributed by atoms with Gasteiger partial charge in [0.2, 0.25) is 5.91 Å². The summed E-state index contributed by atoms with van der Waals surface area (Å²) in [6, 6.07) is 0. The second-order valence-corrected chi connectivity index (χ2v) is 7.39. The van der Waals surface area contributed by atoms with Crippen LogP contribution in [0.1, 0.15) is 47.5 Å². The smallest absolute Gasteiger partial charge is 0.226 e. The lowest BCUT2D eigenvalue weighted by Gasteiger charge is -2.37. The summed E-state index contributed by atoms with van der Waals surface area (Å²) in [5, 5.41) is 0. The van der Waals surface area contributed by atoms with Gasteiger partial charge >= 0.3 is 0 Å². The Morgan fingerprint density at radius 1 is 1.28 bits per heavy atom. The minimum atomic E-state index is -0.0116. The molecule has 0 aromatic rings. The largest absolute Gasteiger partial charge is 0.342 e. The maximum absolute atomic E-state index is 12.5. The third-order valence-corrected chi connectivity index (χ3v) is 3.67. The molecule has 1 rings (SSSR count). The summed E-state index contributed by atoms with van der Waals surface area (Å²) in [4.78, 5) is 14.6. The summed E-state index contributed by atoms with van der Waals surface area (Å²) < 4.78 is 0. The van der Waals surface area contributed by atoms with Crippen molar-refractivity contribution in [2.75, 3.05) is 19.6 Å². The summed E-state index contributed by atoms with van der Waals surface area (Å²) in [6.45, 7) is 13.3. The Morgan fingerprint density at radius 3 is 2.17 bits per heavy atom. The van der Waals surface area contributed by atoms with Crippen molar-refractivity contribution in [3.05, 3.63) is 0 Å². The molecule has 0 aromatic heterocycles. The minimum absolute atomic E-state index is 0.0116. The highest BCUT2D eigenvalue weighted by Crippen LogP contribution is 2.27. The van der Waals surface area contributed by atoms with Crippen molar-refractivity contribution in [3.8, 4) is 0 Å². The monoisotopic (exact) mass is 254 g/mol. The van der Waals surface area contributed by atoms with E-state index >= 15 is 0 Å². The SMILES string of the molecule is CC1CC(C)CN(C(=O)C(CN)CC(C)(C)C)C1. The van der Waals surface area contributed by atoms with Crippen LogP contribution in [0.15, 0.2) is 0 Å². The lowest BCUT2D eigenvalue weighted by atomic mass is 9.83. The third-order valence-electron chi connectivity index (χ3n) is 3.67. The number of carbonyl (C=O) groups is 1. The van der Waals surface area contributed by atoms with Gasteiger partial charge in [-0.2, -0.15) is 0 Å². The highest BCUT2D eigenvalue weighted by atomic mass is 16.2. The van der Waals surface area contributed by atoms with Gasteiger partial charge in [0.25, 0.3) is 0 Å². The predicted molar refractivity (Wildman–Crippen MR) is 76.1 cm³/mol. The number of piperidine rings is 1. The molecule has 0 aliphatic carbocycles. The van der Waals surface area contributed by atoms with E-state index in [1.165, 1.54) is 6.42 Å². The van der Waals surface area contributed by atoms with E-state index in [1.54, 1.807) is 0 Å². The molecule has 0 saturated carbocycles. The Kier molecular flexibility index (Phi) is 5.20. The van der Waals surface area contributed by atoms with Crippen LogP contribution in [0.25, 0.3) is 0 Å². The average Bonchev–Trinajstić information content (AvgIpc) is 2.22. The first-order chi connectivity index (χ1) is 8.23. The van der Waals surface area contributed by atoms with Crippen molar-refractivity contribution in [1.82, 2.24) is 4.90 Å². The molecule has 0 spiro atoms. The summed E-state index contributed by atoms with van der Waals surface area (Å²) in [5.74, 6) is 1.49. The van der Waals surface area contributed by atoms with Gasteiger partial charge < -0.3 is 10.6 Å². The van der Waals surface area contributed by atoms with Crippen molar-refractivity contribution >= 4 is 5.91 Å². The topological polar surface area (TPSA) is 46.3 Å². The van der Waals surface area contributed by atoms with E-state index in [4.69, 9.17) is 5.73 Å². The number of hydrogen-bond donors (Lipinski definition) is 1. The highest BCUT2D eigenvalue weighted by Gasteiger charge is 2.31. The van der Waals surface area contributed by atoms with Gasteiger partial charge in [0, 0.05) is 19.6 Å². The number of amides is 1. The number of nitrogens with zero attached hydrogens (tertiary/aromatic N) is 1. The van der Waals surface area contributed by atoms with Crippen LogP contribution in [0.2, 0.25) is 0 Å². The van der Waals surface area contributed by atoms with Gasteiger partial charge in [0.05, 0.1) is 5.92 Å². The Bertz CT molecular complexity index is 269. The molecule has 2 N–H and O–H groups in total. The fourth-order valence-electron chi connectivity index (χ4n) is 3.11. The molecule has 3 atom stereocenters. The molecule has 3 unspecified atom stereocenters. The molecule has 1 saturated heterocycles. The van der Waals surface area contributed by atoms with Crippen molar-refractivity contribution in [1.29, 1.82) is 0 Å². The molecule has 0 bridgehead atoms. The lowest BCUT2D eigenvalue weighted by molar-refractivity contribution is -0.138. The second-order valence-electron chi connectivity index (χ2n) is 7.39. The molecule has 1 aliphatic heterocycles. The van der Waals surface area contributed by atoms with E-state index < -0.39 is 0 Å². The van der Waals surface area contributed by atoms with Crippen LogP contribution >= 0.6 is 0 Å². The number of rotatable bonds is 3. The van der Waals surface area contributed by atoms with Crippen LogP contribution in [-0.4, -0.2) is 30.4 Å². The van der Waals surface area contributed by atoms with E-state index in [0.29, 0.717) is 18.4 Å². The molecule has 0 aromatic carbocycles. The molecule has 1 fully saturated rings.